The third-order valence-electron chi connectivity index (χ3n) is 2.00. The van der Waals surface area contributed by atoms with Crippen molar-refractivity contribution in [3.63, 3.8) is 0 Å². The summed E-state index contributed by atoms with van der Waals surface area (Å²) in [5.74, 6) is -0.393. The fraction of sp³-hybridized carbons (Fsp3) is 0.667. The fourth-order valence-corrected chi connectivity index (χ4v) is 1.31. The number of carbonyl (C=O) groups excluding carboxylic acids is 2. The van der Waals surface area contributed by atoms with Crippen molar-refractivity contribution in [3.8, 4) is 0 Å². The number of nitrogens with zero attached hydrogens (tertiary/aromatic N) is 1. The predicted octanol–water partition coefficient (Wildman–Crippen LogP) is -0.816. The molecule has 1 saturated heterocycles. The lowest BCUT2D eigenvalue weighted by Gasteiger charge is -2.29. The minimum Gasteiger partial charge on any atom is -0.378 e. The Morgan fingerprint density at radius 1 is 1.43 bits per heavy atom. The molecule has 5 heteroatoms. The lowest BCUT2D eigenvalue weighted by Crippen LogP contribution is -2.50. The van der Waals surface area contributed by atoms with Gasteiger partial charge >= 0.3 is 0 Å². The van der Waals surface area contributed by atoms with Gasteiger partial charge in [0, 0.05) is 20.0 Å². The zero-order chi connectivity index (χ0) is 10.6. The van der Waals surface area contributed by atoms with Crippen LogP contribution in [0.15, 0.2) is 0 Å². The van der Waals surface area contributed by atoms with Crippen molar-refractivity contribution < 1.29 is 14.3 Å². The van der Waals surface area contributed by atoms with Crippen LogP contribution < -0.4 is 5.32 Å². The molecular formula is C9H15N2O3. The van der Waals surface area contributed by atoms with Gasteiger partial charge in [-0.1, -0.05) is 0 Å². The van der Waals surface area contributed by atoms with E-state index in [2.05, 4.69) is 12.2 Å². The fourth-order valence-electron chi connectivity index (χ4n) is 1.31. The molecule has 1 fully saturated rings. The monoisotopic (exact) mass is 199 g/mol. The number of hydrogen-bond acceptors (Lipinski definition) is 3. The molecule has 1 aliphatic heterocycles. The maximum Gasteiger partial charge on any atom is 0.245 e. The van der Waals surface area contributed by atoms with Gasteiger partial charge in [-0.25, -0.2) is 0 Å². The molecule has 0 bridgehead atoms. The molecule has 0 saturated carbocycles. The predicted molar refractivity (Wildman–Crippen MR) is 50.4 cm³/mol. The van der Waals surface area contributed by atoms with Crippen LogP contribution in [-0.2, 0) is 14.3 Å². The Balaban J connectivity index is 2.42. The minimum absolute atomic E-state index is 0.150. The highest BCUT2D eigenvalue weighted by Gasteiger charge is 2.22. The summed E-state index contributed by atoms with van der Waals surface area (Å²) in [5.41, 5.74) is 0. The summed E-state index contributed by atoms with van der Waals surface area (Å²) < 4.78 is 5.11. The van der Waals surface area contributed by atoms with Crippen LogP contribution in [0.3, 0.4) is 0 Å². The second-order valence-corrected chi connectivity index (χ2v) is 3.19. The number of nitrogens with one attached hydrogen (secondary N) is 1. The third kappa shape index (κ3) is 2.99. The van der Waals surface area contributed by atoms with E-state index in [4.69, 9.17) is 4.74 Å². The molecule has 1 radical (unpaired) electrons. The standard InChI is InChI=1S/C9H15N2O3/c1-7(10-8(2)12)9(13)11-3-5-14-6-4-11/h7H,1,3-6H2,2H3,(H,10,12). The van der Waals surface area contributed by atoms with E-state index in [9.17, 15) is 9.59 Å². The number of amides is 2. The number of rotatable bonds is 2. The van der Waals surface area contributed by atoms with Crippen molar-refractivity contribution in [1.82, 2.24) is 10.2 Å². The first-order valence-corrected chi connectivity index (χ1v) is 4.58. The number of ether oxygens (including phenoxy) is 1. The highest BCUT2D eigenvalue weighted by Crippen LogP contribution is 2.00. The van der Waals surface area contributed by atoms with Gasteiger partial charge in [0.1, 0.15) is 6.04 Å². The highest BCUT2D eigenvalue weighted by atomic mass is 16.5. The summed E-state index contributed by atoms with van der Waals surface area (Å²) in [4.78, 5) is 24.0. The van der Waals surface area contributed by atoms with Gasteiger partial charge in [-0.05, 0) is 6.92 Å². The van der Waals surface area contributed by atoms with Crippen molar-refractivity contribution >= 4 is 11.8 Å². The van der Waals surface area contributed by atoms with E-state index in [0.717, 1.165) is 0 Å². The first kappa shape index (κ1) is 11.0. The Kier molecular flexibility index (Phi) is 3.88. The molecule has 0 aromatic carbocycles. The van der Waals surface area contributed by atoms with Crippen LogP contribution in [0.5, 0.6) is 0 Å². The van der Waals surface area contributed by atoms with Gasteiger partial charge < -0.3 is 15.0 Å². The maximum atomic E-state index is 11.6. The average molecular weight is 199 g/mol. The van der Waals surface area contributed by atoms with Gasteiger partial charge in [0.05, 0.1) is 13.2 Å². The summed E-state index contributed by atoms with van der Waals surface area (Å²) in [6.45, 7) is 7.21. The number of hydrogen-bond donors (Lipinski definition) is 1. The topological polar surface area (TPSA) is 58.6 Å². The van der Waals surface area contributed by atoms with Gasteiger partial charge in [-0.15, -0.1) is 0 Å². The summed E-state index contributed by atoms with van der Waals surface area (Å²) in [6, 6.07) is -0.689. The summed E-state index contributed by atoms with van der Waals surface area (Å²) in [5, 5.41) is 2.46. The van der Waals surface area contributed by atoms with E-state index in [1.807, 2.05) is 0 Å². The third-order valence-corrected chi connectivity index (χ3v) is 2.00. The van der Waals surface area contributed by atoms with Gasteiger partial charge in [0.15, 0.2) is 0 Å². The van der Waals surface area contributed by atoms with Crippen LogP contribution in [-0.4, -0.2) is 49.1 Å². The molecule has 14 heavy (non-hydrogen) atoms. The SMILES string of the molecule is [CH2]C(NC(C)=O)C(=O)N1CCOCC1. The van der Waals surface area contributed by atoms with Gasteiger partial charge in [0.25, 0.3) is 0 Å². The minimum atomic E-state index is -0.689. The molecule has 1 N–H and O–H groups in total. The summed E-state index contributed by atoms with van der Waals surface area (Å²) in [7, 11) is 0. The van der Waals surface area contributed by atoms with Crippen LogP contribution in [0.4, 0.5) is 0 Å². The Hall–Kier alpha value is -1.10. The Labute approximate surface area is 83.4 Å². The van der Waals surface area contributed by atoms with Crippen LogP contribution in [0.2, 0.25) is 0 Å². The average Bonchev–Trinajstić information content (AvgIpc) is 2.17. The zero-order valence-electron chi connectivity index (χ0n) is 8.28. The molecule has 0 aliphatic carbocycles. The van der Waals surface area contributed by atoms with Crippen LogP contribution >= 0.6 is 0 Å². The first-order valence-electron chi connectivity index (χ1n) is 4.58. The van der Waals surface area contributed by atoms with E-state index < -0.39 is 6.04 Å². The molecule has 0 aromatic heterocycles. The normalized spacial score (nSPS) is 18.9. The molecule has 1 unspecified atom stereocenters. The molecule has 1 rings (SSSR count). The van der Waals surface area contributed by atoms with Crippen LogP contribution in [0, 0.1) is 6.92 Å². The van der Waals surface area contributed by atoms with Crippen LogP contribution in [0.1, 0.15) is 6.92 Å². The number of carbonyl (C=O) groups is 2. The molecule has 0 aromatic rings. The first-order chi connectivity index (χ1) is 6.61. The van der Waals surface area contributed by atoms with Gasteiger partial charge in [0.2, 0.25) is 11.8 Å². The summed E-state index contributed by atoms with van der Waals surface area (Å²) in [6.07, 6.45) is 0. The van der Waals surface area contributed by atoms with Gasteiger partial charge in [-0.3, -0.25) is 9.59 Å². The molecule has 1 atom stereocenters. The van der Waals surface area contributed by atoms with Crippen LogP contribution in [0.25, 0.3) is 0 Å². The lowest BCUT2D eigenvalue weighted by atomic mass is 10.2. The van der Waals surface area contributed by atoms with E-state index in [0.29, 0.717) is 26.3 Å². The molecule has 0 spiro atoms. The maximum absolute atomic E-state index is 11.6. The molecule has 79 valence electrons. The van der Waals surface area contributed by atoms with E-state index in [-0.39, 0.29) is 11.8 Å². The van der Waals surface area contributed by atoms with Crippen molar-refractivity contribution in [2.45, 2.75) is 13.0 Å². The van der Waals surface area contributed by atoms with E-state index >= 15 is 0 Å². The second kappa shape index (κ2) is 4.95. The van der Waals surface area contributed by atoms with Crippen molar-refractivity contribution in [2.75, 3.05) is 26.3 Å². The number of morpholine rings is 1. The molecular weight excluding hydrogens is 184 g/mol. The smallest absolute Gasteiger partial charge is 0.245 e. The lowest BCUT2D eigenvalue weighted by molar-refractivity contribution is -0.138. The Morgan fingerprint density at radius 2 is 2.00 bits per heavy atom. The molecule has 1 heterocycles. The van der Waals surface area contributed by atoms with Crippen molar-refractivity contribution in [3.05, 3.63) is 6.92 Å². The second-order valence-electron chi connectivity index (χ2n) is 3.19. The highest BCUT2D eigenvalue weighted by molar-refractivity contribution is 5.87. The molecule has 5 nitrogen and oxygen atoms in total. The quantitative estimate of drug-likeness (QED) is 0.632. The van der Waals surface area contributed by atoms with Crippen molar-refractivity contribution in [2.24, 2.45) is 0 Å². The van der Waals surface area contributed by atoms with Gasteiger partial charge in [-0.2, -0.15) is 0 Å². The Morgan fingerprint density at radius 3 is 2.50 bits per heavy atom. The van der Waals surface area contributed by atoms with Crippen molar-refractivity contribution in [1.29, 1.82) is 0 Å². The van der Waals surface area contributed by atoms with E-state index in [1.54, 1.807) is 4.90 Å². The molecule has 1 aliphatic rings. The van der Waals surface area contributed by atoms with E-state index in [1.165, 1.54) is 6.92 Å². The molecule has 2 amide bonds. The zero-order valence-corrected chi connectivity index (χ0v) is 8.28. The largest absolute Gasteiger partial charge is 0.378 e. The Bertz CT molecular complexity index is 224. The summed E-state index contributed by atoms with van der Waals surface area (Å²) >= 11 is 0.